The maximum absolute atomic E-state index is 12.8. The van der Waals surface area contributed by atoms with Gasteiger partial charge in [-0.15, -0.1) is 11.8 Å². The number of allylic oxidation sites excluding steroid dienone is 1. The molecule has 0 aromatic heterocycles. The van der Waals surface area contributed by atoms with Crippen molar-refractivity contribution >= 4 is 29.3 Å². The molecule has 0 bridgehead atoms. The highest BCUT2D eigenvalue weighted by molar-refractivity contribution is 8.03. The molecule has 9 heteroatoms. The van der Waals surface area contributed by atoms with E-state index in [9.17, 15) is 4.79 Å². The number of benzene rings is 1. The third-order valence-electron chi connectivity index (χ3n) is 5.96. The second-order valence-corrected chi connectivity index (χ2v) is 11.5. The zero-order chi connectivity index (χ0) is 26.6. The van der Waals surface area contributed by atoms with Crippen molar-refractivity contribution < 1.29 is 14.7 Å². The van der Waals surface area contributed by atoms with Crippen molar-refractivity contribution in [1.29, 1.82) is 5.41 Å². The van der Waals surface area contributed by atoms with Gasteiger partial charge in [0.1, 0.15) is 17.5 Å². The molecule has 2 heterocycles. The SMILES string of the molecule is CC1SC2=C(C(c3ccc(C#CCCNO)cc3)=N[C@@H](CC(=O)OC(C)(C)C)C(=N)N2C(C)N)C1C. The van der Waals surface area contributed by atoms with Gasteiger partial charge in [-0.2, -0.15) is 0 Å². The van der Waals surface area contributed by atoms with Crippen molar-refractivity contribution in [2.45, 2.75) is 77.4 Å². The van der Waals surface area contributed by atoms with E-state index in [0.29, 0.717) is 18.2 Å². The fraction of sp³-hybridized carbons (Fsp3) is 0.519. The second kappa shape index (κ2) is 11.6. The summed E-state index contributed by atoms with van der Waals surface area (Å²) in [6, 6.07) is 7.12. The third kappa shape index (κ3) is 6.56. The minimum atomic E-state index is -0.722. The van der Waals surface area contributed by atoms with E-state index in [0.717, 1.165) is 27.4 Å². The number of carbonyl (C=O) groups is 1. The summed E-state index contributed by atoms with van der Waals surface area (Å²) >= 11 is 1.70. The van der Waals surface area contributed by atoms with Crippen LogP contribution in [0, 0.1) is 23.2 Å². The van der Waals surface area contributed by atoms with Crippen LogP contribution in [0.15, 0.2) is 39.9 Å². The molecule has 0 radical (unpaired) electrons. The van der Waals surface area contributed by atoms with Gasteiger partial charge >= 0.3 is 5.97 Å². The Morgan fingerprint density at radius 3 is 2.58 bits per heavy atom. The number of thioether (sulfide) groups is 1. The summed E-state index contributed by atoms with van der Waals surface area (Å²) in [6.45, 7) is 12.1. The van der Waals surface area contributed by atoms with Crippen LogP contribution in [0.2, 0.25) is 0 Å². The summed E-state index contributed by atoms with van der Waals surface area (Å²) < 4.78 is 5.56. The van der Waals surface area contributed by atoms with Crippen LogP contribution in [0.3, 0.4) is 0 Å². The van der Waals surface area contributed by atoms with E-state index < -0.39 is 23.8 Å². The van der Waals surface area contributed by atoms with E-state index in [1.807, 2.05) is 56.9 Å². The summed E-state index contributed by atoms with van der Waals surface area (Å²) in [4.78, 5) is 19.6. The molecule has 0 saturated carbocycles. The number of nitrogens with two attached hydrogens (primary N) is 1. The summed E-state index contributed by atoms with van der Waals surface area (Å²) in [5.41, 5.74) is 11.4. The van der Waals surface area contributed by atoms with Crippen LogP contribution in [0.4, 0.5) is 0 Å². The maximum atomic E-state index is 12.8. The van der Waals surface area contributed by atoms with Crippen LogP contribution < -0.4 is 11.2 Å². The monoisotopic (exact) mass is 511 g/mol. The van der Waals surface area contributed by atoms with Crippen molar-refractivity contribution in [2.24, 2.45) is 16.6 Å². The lowest BCUT2D eigenvalue weighted by atomic mass is 9.90. The van der Waals surface area contributed by atoms with Gasteiger partial charge in [0.25, 0.3) is 0 Å². The topological polar surface area (TPSA) is 124 Å². The number of hydrogen-bond acceptors (Lipinski definition) is 8. The number of rotatable bonds is 6. The minimum Gasteiger partial charge on any atom is -0.460 e. The normalized spacial score (nSPS) is 22.9. The molecule has 194 valence electrons. The first kappa shape index (κ1) is 27.9. The lowest BCUT2D eigenvalue weighted by Crippen LogP contribution is -2.46. The molecule has 0 saturated heterocycles. The largest absolute Gasteiger partial charge is 0.460 e. The van der Waals surface area contributed by atoms with Crippen LogP contribution in [0.5, 0.6) is 0 Å². The number of amidine groups is 1. The number of esters is 1. The van der Waals surface area contributed by atoms with E-state index in [4.69, 9.17) is 26.1 Å². The van der Waals surface area contributed by atoms with E-state index >= 15 is 0 Å². The molecule has 3 rings (SSSR count). The number of hydrogen-bond donors (Lipinski definition) is 4. The van der Waals surface area contributed by atoms with Gasteiger partial charge in [-0.25, -0.2) is 5.48 Å². The molecule has 1 aromatic rings. The van der Waals surface area contributed by atoms with E-state index in [1.54, 1.807) is 11.8 Å². The van der Waals surface area contributed by atoms with Gasteiger partial charge in [-0.05, 0) is 45.7 Å². The Balaban J connectivity index is 2.06. The van der Waals surface area contributed by atoms with Crippen LogP contribution in [0.1, 0.15) is 65.5 Å². The molecule has 0 amide bonds. The smallest absolute Gasteiger partial charge is 0.308 e. The summed E-state index contributed by atoms with van der Waals surface area (Å²) in [7, 11) is 0. The van der Waals surface area contributed by atoms with Crippen LogP contribution >= 0.6 is 11.8 Å². The summed E-state index contributed by atoms with van der Waals surface area (Å²) in [5, 5.41) is 18.9. The van der Waals surface area contributed by atoms with Gasteiger partial charge in [-0.1, -0.05) is 37.8 Å². The third-order valence-corrected chi connectivity index (χ3v) is 7.38. The quantitative estimate of drug-likeness (QED) is 0.198. The van der Waals surface area contributed by atoms with Gasteiger partial charge in [-0.3, -0.25) is 15.2 Å². The van der Waals surface area contributed by atoms with Crippen molar-refractivity contribution in [3.63, 3.8) is 0 Å². The first-order valence-corrected chi connectivity index (χ1v) is 13.1. The molecule has 2 aliphatic heterocycles. The van der Waals surface area contributed by atoms with Crippen LogP contribution in [-0.4, -0.2) is 57.2 Å². The number of aliphatic imine (C=N–C) groups is 1. The molecule has 5 N–H and O–H groups in total. The van der Waals surface area contributed by atoms with Crippen LogP contribution in [0.25, 0.3) is 0 Å². The van der Waals surface area contributed by atoms with E-state index in [-0.39, 0.29) is 18.2 Å². The Kier molecular flexibility index (Phi) is 9.01. The maximum Gasteiger partial charge on any atom is 0.308 e. The highest BCUT2D eigenvalue weighted by atomic mass is 32.2. The predicted molar refractivity (Wildman–Crippen MR) is 145 cm³/mol. The van der Waals surface area contributed by atoms with Gasteiger partial charge in [0.05, 0.1) is 23.3 Å². The lowest BCUT2D eigenvalue weighted by Gasteiger charge is -2.31. The Morgan fingerprint density at radius 1 is 1.33 bits per heavy atom. The molecule has 0 spiro atoms. The summed E-state index contributed by atoms with van der Waals surface area (Å²) in [5.74, 6) is 6.10. The molecule has 2 aliphatic rings. The van der Waals surface area contributed by atoms with Crippen molar-refractivity contribution in [3.05, 3.63) is 46.0 Å². The fourth-order valence-electron chi connectivity index (χ4n) is 4.14. The zero-order valence-electron chi connectivity index (χ0n) is 21.9. The van der Waals surface area contributed by atoms with E-state index in [2.05, 4.69) is 31.2 Å². The number of ether oxygens (including phenoxy) is 1. The molecule has 4 atom stereocenters. The number of nitrogens with one attached hydrogen (secondary N) is 2. The van der Waals surface area contributed by atoms with Gasteiger partial charge < -0.3 is 20.6 Å². The average Bonchev–Trinajstić information content (AvgIpc) is 3.00. The van der Waals surface area contributed by atoms with Gasteiger partial charge in [0.2, 0.25) is 0 Å². The molecular weight excluding hydrogens is 474 g/mol. The first-order chi connectivity index (χ1) is 16.9. The Hall–Kier alpha value is -2.64. The Morgan fingerprint density at radius 2 is 2.00 bits per heavy atom. The van der Waals surface area contributed by atoms with E-state index in [1.165, 1.54) is 0 Å². The zero-order valence-corrected chi connectivity index (χ0v) is 22.7. The average molecular weight is 512 g/mol. The van der Waals surface area contributed by atoms with Crippen molar-refractivity contribution in [2.75, 3.05) is 6.54 Å². The lowest BCUT2D eigenvalue weighted by molar-refractivity contribution is -0.154. The highest BCUT2D eigenvalue weighted by Gasteiger charge is 2.42. The Bertz CT molecular complexity index is 1110. The summed E-state index contributed by atoms with van der Waals surface area (Å²) in [6.07, 6.45) is 0.0461. The molecule has 36 heavy (non-hydrogen) atoms. The fourth-order valence-corrected chi connectivity index (χ4v) is 5.62. The minimum absolute atomic E-state index is 0.0412. The molecule has 0 fully saturated rings. The molecule has 0 aliphatic carbocycles. The molecular formula is C27H37N5O3S. The molecule has 8 nitrogen and oxygen atoms in total. The van der Waals surface area contributed by atoms with Crippen molar-refractivity contribution in [3.8, 4) is 11.8 Å². The highest BCUT2D eigenvalue weighted by Crippen LogP contribution is 2.47. The van der Waals surface area contributed by atoms with Crippen LogP contribution in [-0.2, 0) is 9.53 Å². The molecule has 1 aromatic carbocycles. The number of carbonyl (C=O) groups excluding carboxylic acids is 1. The van der Waals surface area contributed by atoms with Gasteiger partial charge in [0.15, 0.2) is 0 Å². The van der Waals surface area contributed by atoms with Gasteiger partial charge in [0, 0.05) is 34.9 Å². The second-order valence-electron chi connectivity index (χ2n) is 10.1. The number of nitrogens with zero attached hydrogens (tertiary/aromatic N) is 2. The number of hydroxylamine groups is 1. The predicted octanol–water partition coefficient (Wildman–Crippen LogP) is 3.88. The Labute approximate surface area is 218 Å². The first-order valence-electron chi connectivity index (χ1n) is 12.2. The molecule has 3 unspecified atom stereocenters. The standard InChI is InChI=1S/C27H37N5O3S/c1-16-17(2)36-26-23(16)24(20-12-10-19(11-13-20)9-7-8-14-30-34)31-21(25(29)32(26)18(3)28)15-22(33)35-27(4,5)6/h10-13,16-18,21,29-30,34H,8,14-15,28H2,1-6H3/t16?,17?,18?,21-/m0/s1. The van der Waals surface area contributed by atoms with Crippen molar-refractivity contribution in [1.82, 2.24) is 10.4 Å².